The van der Waals surface area contributed by atoms with E-state index >= 15 is 0 Å². The van der Waals surface area contributed by atoms with Gasteiger partial charge in [0.25, 0.3) is 5.91 Å². The molecular weight excluding hydrogens is 307 g/mol. The lowest BCUT2D eigenvalue weighted by Gasteiger charge is -2.10. The summed E-state index contributed by atoms with van der Waals surface area (Å²) in [5.74, 6) is -0.706. The van der Waals surface area contributed by atoms with Crippen molar-refractivity contribution in [2.75, 3.05) is 11.9 Å². The van der Waals surface area contributed by atoms with Crippen molar-refractivity contribution < 1.29 is 14.0 Å². The third-order valence-electron chi connectivity index (χ3n) is 3.53. The molecule has 0 aliphatic rings. The number of rotatable bonds is 6. The van der Waals surface area contributed by atoms with Crippen LogP contribution in [0.25, 0.3) is 0 Å². The van der Waals surface area contributed by atoms with Gasteiger partial charge in [-0.15, -0.1) is 0 Å². The summed E-state index contributed by atoms with van der Waals surface area (Å²) in [7, 11) is 0. The number of hydrogen-bond acceptors (Lipinski definition) is 2. The van der Waals surface area contributed by atoms with Gasteiger partial charge in [-0.05, 0) is 42.3 Å². The fourth-order valence-corrected chi connectivity index (χ4v) is 2.10. The summed E-state index contributed by atoms with van der Waals surface area (Å²) in [6.07, 6.45) is 0.621. The van der Waals surface area contributed by atoms with Crippen molar-refractivity contribution in [2.45, 2.75) is 20.3 Å². The van der Waals surface area contributed by atoms with E-state index in [1.165, 1.54) is 12.1 Å². The Morgan fingerprint density at radius 2 is 1.79 bits per heavy atom. The smallest absolute Gasteiger partial charge is 0.251 e. The second kappa shape index (κ2) is 8.24. The molecule has 2 aromatic carbocycles. The van der Waals surface area contributed by atoms with Gasteiger partial charge in [0.15, 0.2) is 0 Å². The highest BCUT2D eigenvalue weighted by Gasteiger charge is 2.09. The van der Waals surface area contributed by atoms with Crippen molar-refractivity contribution in [3.05, 3.63) is 65.5 Å². The Morgan fingerprint density at radius 1 is 1.08 bits per heavy atom. The first-order chi connectivity index (χ1) is 11.5. The van der Waals surface area contributed by atoms with Crippen LogP contribution in [-0.2, 0) is 11.2 Å². The predicted octanol–water partition coefficient (Wildman–Crippen LogP) is 3.39. The molecular formula is C19H21FN2O2. The van der Waals surface area contributed by atoms with Crippen molar-refractivity contribution in [2.24, 2.45) is 5.92 Å². The molecule has 0 heterocycles. The van der Waals surface area contributed by atoms with Crippen LogP contribution in [0.1, 0.15) is 29.8 Å². The van der Waals surface area contributed by atoms with Gasteiger partial charge in [0.2, 0.25) is 5.91 Å². The summed E-state index contributed by atoms with van der Waals surface area (Å²) in [6, 6.07) is 13.0. The number of amides is 2. The largest absolute Gasteiger partial charge is 0.352 e. The van der Waals surface area contributed by atoms with Gasteiger partial charge < -0.3 is 10.6 Å². The Labute approximate surface area is 141 Å². The maximum atomic E-state index is 12.8. The normalized spacial score (nSPS) is 10.5. The Hall–Kier alpha value is -2.69. The van der Waals surface area contributed by atoms with Gasteiger partial charge in [0.05, 0.1) is 0 Å². The Kier molecular flexibility index (Phi) is 6.07. The van der Waals surface area contributed by atoms with E-state index < -0.39 is 0 Å². The zero-order chi connectivity index (χ0) is 17.5. The quantitative estimate of drug-likeness (QED) is 0.854. The van der Waals surface area contributed by atoms with Gasteiger partial charge in [-0.3, -0.25) is 9.59 Å². The van der Waals surface area contributed by atoms with Crippen LogP contribution in [0.3, 0.4) is 0 Å². The molecule has 0 radical (unpaired) electrons. The first kappa shape index (κ1) is 17.7. The van der Waals surface area contributed by atoms with Crippen LogP contribution >= 0.6 is 0 Å². The summed E-state index contributed by atoms with van der Waals surface area (Å²) >= 11 is 0. The van der Waals surface area contributed by atoms with Crippen molar-refractivity contribution in [1.29, 1.82) is 0 Å². The third-order valence-corrected chi connectivity index (χ3v) is 3.53. The Morgan fingerprint density at radius 3 is 2.46 bits per heavy atom. The molecule has 24 heavy (non-hydrogen) atoms. The van der Waals surface area contributed by atoms with Crippen LogP contribution in [0.15, 0.2) is 48.5 Å². The molecule has 0 fully saturated rings. The molecule has 0 atom stereocenters. The highest BCUT2D eigenvalue weighted by Crippen LogP contribution is 2.12. The van der Waals surface area contributed by atoms with Crippen LogP contribution in [-0.4, -0.2) is 18.4 Å². The number of nitrogens with one attached hydrogen (secondary N) is 2. The topological polar surface area (TPSA) is 58.2 Å². The Balaban J connectivity index is 1.90. The minimum Gasteiger partial charge on any atom is -0.352 e. The lowest BCUT2D eigenvalue weighted by Crippen LogP contribution is -2.26. The molecule has 5 heteroatoms. The zero-order valence-electron chi connectivity index (χ0n) is 13.8. The fourth-order valence-electron chi connectivity index (χ4n) is 2.10. The number of anilines is 1. The number of carbonyl (C=O) groups excluding carboxylic acids is 2. The van der Waals surface area contributed by atoms with E-state index in [4.69, 9.17) is 0 Å². The van der Waals surface area contributed by atoms with Gasteiger partial charge in [0, 0.05) is 23.7 Å². The molecule has 0 unspecified atom stereocenters. The maximum Gasteiger partial charge on any atom is 0.251 e. The molecule has 0 spiro atoms. The third kappa shape index (κ3) is 5.19. The molecule has 0 bridgehead atoms. The van der Waals surface area contributed by atoms with Gasteiger partial charge in [-0.25, -0.2) is 4.39 Å². The zero-order valence-corrected chi connectivity index (χ0v) is 13.8. The van der Waals surface area contributed by atoms with Gasteiger partial charge in [0.1, 0.15) is 5.82 Å². The SMILES string of the molecule is CC(C)C(=O)Nc1cccc(C(=O)NCCc2ccc(F)cc2)c1. The molecule has 4 nitrogen and oxygen atoms in total. The first-order valence-electron chi connectivity index (χ1n) is 7.89. The summed E-state index contributed by atoms with van der Waals surface area (Å²) in [4.78, 5) is 23.9. The lowest BCUT2D eigenvalue weighted by molar-refractivity contribution is -0.118. The van der Waals surface area contributed by atoms with E-state index in [1.54, 1.807) is 50.2 Å². The van der Waals surface area contributed by atoms with E-state index in [9.17, 15) is 14.0 Å². The highest BCUT2D eigenvalue weighted by atomic mass is 19.1. The van der Waals surface area contributed by atoms with Crippen LogP contribution in [0, 0.1) is 11.7 Å². The van der Waals surface area contributed by atoms with Crippen LogP contribution in [0.5, 0.6) is 0 Å². The Bertz CT molecular complexity index is 712. The molecule has 0 aromatic heterocycles. The van der Waals surface area contributed by atoms with Gasteiger partial charge >= 0.3 is 0 Å². The standard InChI is InChI=1S/C19H21FN2O2/c1-13(2)18(23)22-17-5-3-4-15(12-17)19(24)21-11-10-14-6-8-16(20)9-7-14/h3-9,12-13H,10-11H2,1-2H3,(H,21,24)(H,22,23). The molecule has 0 aliphatic carbocycles. The monoisotopic (exact) mass is 328 g/mol. The predicted molar refractivity (Wildman–Crippen MR) is 92.3 cm³/mol. The minimum absolute atomic E-state index is 0.0936. The first-order valence-corrected chi connectivity index (χ1v) is 7.89. The van der Waals surface area contributed by atoms with Crippen LogP contribution in [0.4, 0.5) is 10.1 Å². The minimum atomic E-state index is -0.275. The second-order valence-corrected chi connectivity index (χ2v) is 5.86. The second-order valence-electron chi connectivity index (χ2n) is 5.86. The molecule has 2 N–H and O–H groups in total. The highest BCUT2D eigenvalue weighted by molar-refractivity contribution is 5.97. The van der Waals surface area contributed by atoms with E-state index in [0.717, 1.165) is 5.56 Å². The number of carbonyl (C=O) groups is 2. The number of halogens is 1. The van der Waals surface area contributed by atoms with E-state index in [-0.39, 0.29) is 23.5 Å². The van der Waals surface area contributed by atoms with Gasteiger partial charge in [-0.2, -0.15) is 0 Å². The summed E-state index contributed by atoms with van der Waals surface area (Å²) in [5.41, 5.74) is 2.03. The number of hydrogen-bond donors (Lipinski definition) is 2. The van der Waals surface area contributed by atoms with Gasteiger partial charge in [-0.1, -0.05) is 32.0 Å². The van der Waals surface area contributed by atoms with E-state index in [2.05, 4.69) is 10.6 Å². The molecule has 2 amide bonds. The molecule has 0 saturated heterocycles. The molecule has 2 rings (SSSR count). The molecule has 0 aliphatic heterocycles. The fraction of sp³-hybridized carbons (Fsp3) is 0.263. The van der Waals surface area contributed by atoms with Crippen molar-refractivity contribution >= 4 is 17.5 Å². The summed E-state index contributed by atoms with van der Waals surface area (Å²) in [5, 5.41) is 5.59. The average molecular weight is 328 g/mol. The average Bonchev–Trinajstić information content (AvgIpc) is 2.56. The van der Waals surface area contributed by atoms with Crippen LogP contribution < -0.4 is 10.6 Å². The van der Waals surface area contributed by atoms with Crippen LogP contribution in [0.2, 0.25) is 0 Å². The maximum absolute atomic E-state index is 12.8. The van der Waals surface area contributed by atoms with Crippen molar-refractivity contribution in [3.63, 3.8) is 0 Å². The van der Waals surface area contributed by atoms with Crippen molar-refractivity contribution in [3.8, 4) is 0 Å². The summed E-state index contributed by atoms with van der Waals surface area (Å²) < 4.78 is 12.8. The van der Waals surface area contributed by atoms with E-state index in [1.807, 2.05) is 0 Å². The molecule has 126 valence electrons. The number of benzene rings is 2. The van der Waals surface area contributed by atoms with E-state index in [0.29, 0.717) is 24.2 Å². The summed E-state index contributed by atoms with van der Waals surface area (Å²) in [6.45, 7) is 4.07. The lowest BCUT2D eigenvalue weighted by atomic mass is 10.1. The van der Waals surface area contributed by atoms with Crippen molar-refractivity contribution in [1.82, 2.24) is 5.32 Å². The molecule has 0 saturated carbocycles. The molecule has 2 aromatic rings.